The fraction of sp³-hybridized carbons (Fsp3) is 0.562. The number of phenols is 1. The van der Waals surface area contributed by atoms with Crippen LogP contribution in [0.5, 0.6) is 5.75 Å². The monoisotopic (exact) mass is 277 g/mol. The molecule has 110 valence electrons. The van der Waals surface area contributed by atoms with Crippen LogP contribution in [0.25, 0.3) is 0 Å². The smallest absolute Gasteiger partial charge is 0.410 e. The van der Waals surface area contributed by atoms with Crippen LogP contribution in [0.4, 0.5) is 4.79 Å². The van der Waals surface area contributed by atoms with Crippen LogP contribution in [0.15, 0.2) is 18.2 Å². The second-order valence-corrected chi connectivity index (χ2v) is 6.46. The highest BCUT2D eigenvalue weighted by Crippen LogP contribution is 2.31. The molecule has 1 fully saturated rings. The van der Waals surface area contributed by atoms with Crippen LogP contribution in [0, 0.1) is 6.92 Å². The first kappa shape index (κ1) is 14.7. The van der Waals surface area contributed by atoms with E-state index in [9.17, 15) is 9.90 Å². The number of nitrogens with zero attached hydrogens (tertiary/aromatic N) is 1. The van der Waals surface area contributed by atoms with E-state index >= 15 is 0 Å². The maximum absolute atomic E-state index is 12.0. The Hall–Kier alpha value is -1.71. The van der Waals surface area contributed by atoms with Crippen molar-refractivity contribution in [3.8, 4) is 5.75 Å². The molecule has 2 rings (SSSR count). The van der Waals surface area contributed by atoms with Crippen LogP contribution in [-0.4, -0.2) is 34.8 Å². The Morgan fingerprint density at radius 2 is 2.10 bits per heavy atom. The van der Waals surface area contributed by atoms with Crippen molar-refractivity contribution in [2.45, 2.75) is 45.6 Å². The lowest BCUT2D eigenvalue weighted by Crippen LogP contribution is -2.35. The van der Waals surface area contributed by atoms with Crippen LogP contribution in [0.1, 0.15) is 44.2 Å². The molecule has 20 heavy (non-hydrogen) atoms. The quantitative estimate of drug-likeness (QED) is 0.855. The van der Waals surface area contributed by atoms with Crippen molar-refractivity contribution in [2.24, 2.45) is 0 Å². The summed E-state index contributed by atoms with van der Waals surface area (Å²) in [4.78, 5) is 13.8. The maximum atomic E-state index is 12.0. The van der Waals surface area contributed by atoms with E-state index in [1.807, 2.05) is 39.8 Å². The lowest BCUT2D eigenvalue weighted by molar-refractivity contribution is 0.0292. The fourth-order valence-electron chi connectivity index (χ4n) is 2.41. The highest BCUT2D eigenvalue weighted by Gasteiger charge is 2.30. The maximum Gasteiger partial charge on any atom is 0.410 e. The number of likely N-dealkylation sites (tertiary alicyclic amines) is 1. The van der Waals surface area contributed by atoms with Crippen LogP contribution in [-0.2, 0) is 4.74 Å². The summed E-state index contributed by atoms with van der Waals surface area (Å²) in [6.45, 7) is 8.84. The first-order chi connectivity index (χ1) is 9.26. The molecule has 1 aromatic rings. The minimum atomic E-state index is -0.461. The summed E-state index contributed by atoms with van der Waals surface area (Å²) in [6, 6.07) is 5.75. The summed E-state index contributed by atoms with van der Waals surface area (Å²) < 4.78 is 5.39. The molecular formula is C16H23NO3. The van der Waals surface area contributed by atoms with E-state index < -0.39 is 5.60 Å². The second-order valence-electron chi connectivity index (χ2n) is 6.46. The Kier molecular flexibility index (Phi) is 3.93. The molecule has 1 aromatic carbocycles. The first-order valence-electron chi connectivity index (χ1n) is 7.04. The van der Waals surface area contributed by atoms with Crippen LogP contribution >= 0.6 is 0 Å². The van der Waals surface area contributed by atoms with Crippen molar-refractivity contribution in [2.75, 3.05) is 13.1 Å². The van der Waals surface area contributed by atoms with Crippen molar-refractivity contribution in [3.05, 3.63) is 29.3 Å². The number of hydrogen-bond donors (Lipinski definition) is 1. The van der Waals surface area contributed by atoms with E-state index in [1.54, 1.807) is 11.0 Å². The Bertz CT molecular complexity index is 505. The van der Waals surface area contributed by atoms with E-state index in [-0.39, 0.29) is 12.0 Å². The number of carbonyl (C=O) groups is 1. The van der Waals surface area contributed by atoms with Gasteiger partial charge in [-0.25, -0.2) is 4.79 Å². The Morgan fingerprint density at radius 1 is 1.40 bits per heavy atom. The molecule has 1 unspecified atom stereocenters. The van der Waals surface area contributed by atoms with Crippen molar-refractivity contribution in [1.82, 2.24) is 4.90 Å². The third kappa shape index (κ3) is 3.44. The number of amides is 1. The van der Waals surface area contributed by atoms with Crippen LogP contribution in [0.2, 0.25) is 0 Å². The predicted octanol–water partition coefficient (Wildman–Crippen LogP) is 3.43. The van der Waals surface area contributed by atoms with Gasteiger partial charge in [-0.15, -0.1) is 0 Å². The summed E-state index contributed by atoms with van der Waals surface area (Å²) >= 11 is 0. The van der Waals surface area contributed by atoms with Crippen LogP contribution < -0.4 is 0 Å². The number of benzene rings is 1. The SMILES string of the molecule is Cc1ccc(C2CCN(C(=O)OC(C)(C)C)C2)cc1O. The molecule has 1 saturated heterocycles. The molecule has 0 spiro atoms. The zero-order chi connectivity index (χ0) is 14.9. The second kappa shape index (κ2) is 5.35. The molecule has 1 aliphatic rings. The molecule has 1 heterocycles. The number of aryl methyl sites for hydroxylation is 1. The van der Waals surface area contributed by atoms with Crippen molar-refractivity contribution < 1.29 is 14.6 Å². The Morgan fingerprint density at radius 3 is 2.70 bits per heavy atom. The third-order valence-corrected chi connectivity index (χ3v) is 3.54. The van der Waals surface area contributed by atoms with E-state index in [4.69, 9.17) is 4.74 Å². The van der Waals surface area contributed by atoms with Gasteiger partial charge in [0.05, 0.1) is 0 Å². The minimum absolute atomic E-state index is 0.253. The average molecular weight is 277 g/mol. The lowest BCUT2D eigenvalue weighted by Gasteiger charge is -2.24. The normalized spacial score (nSPS) is 19.2. The molecule has 4 heteroatoms. The summed E-state index contributed by atoms with van der Waals surface area (Å²) in [5.74, 6) is 0.590. The van der Waals surface area contributed by atoms with Gasteiger partial charge in [0.1, 0.15) is 11.4 Å². The van der Waals surface area contributed by atoms with Gasteiger partial charge in [-0.1, -0.05) is 12.1 Å². The van der Waals surface area contributed by atoms with Gasteiger partial charge in [0.2, 0.25) is 0 Å². The van der Waals surface area contributed by atoms with E-state index in [1.165, 1.54) is 0 Å². The molecule has 0 radical (unpaired) electrons. The third-order valence-electron chi connectivity index (χ3n) is 3.54. The van der Waals surface area contributed by atoms with Crippen molar-refractivity contribution in [1.29, 1.82) is 0 Å². The zero-order valence-corrected chi connectivity index (χ0v) is 12.6. The standard InChI is InChI=1S/C16H23NO3/c1-11-5-6-12(9-14(11)18)13-7-8-17(10-13)15(19)20-16(2,3)4/h5-6,9,13,18H,7-8,10H2,1-4H3. The molecule has 0 bridgehead atoms. The number of rotatable bonds is 1. The van der Waals surface area contributed by atoms with Gasteiger partial charge in [-0.3, -0.25) is 0 Å². The van der Waals surface area contributed by atoms with Crippen LogP contribution in [0.3, 0.4) is 0 Å². The van der Waals surface area contributed by atoms with Gasteiger partial charge in [0.15, 0.2) is 0 Å². The first-order valence-corrected chi connectivity index (χ1v) is 7.04. The number of hydrogen-bond acceptors (Lipinski definition) is 3. The molecule has 0 aliphatic carbocycles. The lowest BCUT2D eigenvalue weighted by atomic mass is 9.97. The topological polar surface area (TPSA) is 49.8 Å². The van der Waals surface area contributed by atoms with Gasteiger partial charge < -0.3 is 14.7 Å². The fourth-order valence-corrected chi connectivity index (χ4v) is 2.41. The summed E-state index contributed by atoms with van der Waals surface area (Å²) in [6.07, 6.45) is 0.651. The van der Waals surface area contributed by atoms with Gasteiger partial charge in [-0.05, 0) is 51.3 Å². The van der Waals surface area contributed by atoms with Crippen molar-refractivity contribution >= 4 is 6.09 Å². The summed E-state index contributed by atoms with van der Waals surface area (Å²) in [5.41, 5.74) is 1.49. The molecule has 1 N–H and O–H groups in total. The summed E-state index contributed by atoms with van der Waals surface area (Å²) in [5, 5.41) is 9.78. The number of carbonyl (C=O) groups excluding carboxylic acids is 1. The highest BCUT2D eigenvalue weighted by atomic mass is 16.6. The van der Waals surface area contributed by atoms with E-state index in [0.29, 0.717) is 18.8 Å². The largest absolute Gasteiger partial charge is 0.508 e. The van der Waals surface area contributed by atoms with E-state index in [0.717, 1.165) is 17.5 Å². The zero-order valence-electron chi connectivity index (χ0n) is 12.6. The Balaban J connectivity index is 2.01. The molecule has 4 nitrogen and oxygen atoms in total. The summed E-state index contributed by atoms with van der Waals surface area (Å²) in [7, 11) is 0. The molecular weight excluding hydrogens is 254 g/mol. The molecule has 0 aromatic heterocycles. The average Bonchev–Trinajstić information content (AvgIpc) is 2.80. The van der Waals surface area contributed by atoms with Crippen molar-refractivity contribution in [3.63, 3.8) is 0 Å². The highest BCUT2D eigenvalue weighted by molar-refractivity contribution is 5.68. The van der Waals surface area contributed by atoms with Gasteiger partial charge in [0, 0.05) is 19.0 Å². The molecule has 0 saturated carbocycles. The number of aromatic hydroxyl groups is 1. The van der Waals surface area contributed by atoms with Gasteiger partial charge in [-0.2, -0.15) is 0 Å². The molecule has 1 atom stereocenters. The van der Waals surface area contributed by atoms with Gasteiger partial charge >= 0.3 is 6.09 Å². The number of ether oxygens (including phenoxy) is 1. The Labute approximate surface area is 120 Å². The van der Waals surface area contributed by atoms with Gasteiger partial charge in [0.25, 0.3) is 0 Å². The minimum Gasteiger partial charge on any atom is -0.508 e. The molecule has 1 amide bonds. The molecule has 1 aliphatic heterocycles. The number of phenolic OH excluding ortho intramolecular Hbond substituents is 1. The van der Waals surface area contributed by atoms with E-state index in [2.05, 4.69) is 0 Å². The predicted molar refractivity (Wildman–Crippen MR) is 78.0 cm³/mol.